The molecule has 26 heavy (non-hydrogen) atoms. The molecule has 1 heterocycles. The molecule has 1 atom stereocenters. The first-order valence-corrected chi connectivity index (χ1v) is 8.77. The molecule has 1 N–H and O–H groups in total. The molecule has 8 nitrogen and oxygen atoms in total. The molecule has 1 aromatic heterocycles. The van der Waals surface area contributed by atoms with Gasteiger partial charge < -0.3 is 15.0 Å². The van der Waals surface area contributed by atoms with Crippen LogP contribution in [0.15, 0.2) is 39.9 Å². The molecule has 0 spiro atoms. The van der Waals surface area contributed by atoms with Gasteiger partial charge in [-0.05, 0) is 31.2 Å². The maximum Gasteiger partial charge on any atom is 0.328 e. The van der Waals surface area contributed by atoms with Crippen LogP contribution in [0.25, 0.3) is 0 Å². The van der Waals surface area contributed by atoms with Crippen LogP contribution in [-0.2, 0) is 20.7 Å². The van der Waals surface area contributed by atoms with Crippen LogP contribution < -0.4 is 10.2 Å². The highest BCUT2D eigenvalue weighted by atomic mass is 32.1. The lowest BCUT2D eigenvalue weighted by Crippen LogP contribution is -2.39. The second kappa shape index (κ2) is 9.04. The number of esters is 1. The summed E-state index contributed by atoms with van der Waals surface area (Å²) in [5.74, 6) is -0.803. The number of benzene rings is 1. The zero-order valence-corrected chi connectivity index (χ0v) is 15.9. The Kier molecular flexibility index (Phi) is 6.79. The maximum absolute atomic E-state index is 11.9. The number of anilines is 1. The lowest BCUT2D eigenvalue weighted by atomic mass is 10.3. The molecular formula is C17H21N5O3S. The third-order valence-electron chi connectivity index (χ3n) is 3.43. The molecule has 9 heteroatoms. The zero-order valence-electron chi connectivity index (χ0n) is 15.1. The zero-order chi connectivity index (χ0) is 19.1. The number of hydrogen-bond donors (Lipinski definition) is 1. The van der Waals surface area contributed by atoms with Crippen LogP contribution in [-0.4, -0.2) is 44.1 Å². The number of amides is 1. The molecule has 0 aliphatic heterocycles. The Hall–Kier alpha value is -2.81. The van der Waals surface area contributed by atoms with Crippen LogP contribution in [0.5, 0.6) is 0 Å². The molecule has 2 rings (SSSR count). The first-order valence-electron chi connectivity index (χ1n) is 7.89. The van der Waals surface area contributed by atoms with Gasteiger partial charge in [0.2, 0.25) is 11.0 Å². The van der Waals surface area contributed by atoms with Crippen molar-refractivity contribution >= 4 is 39.7 Å². The SMILES string of the molecule is COC(=O)[C@H](C)NC(=O)Cc1csc(N=Nc2ccc(N(C)C)cc2)n1. The Balaban J connectivity index is 1.92. The predicted octanol–water partition coefficient (Wildman–Crippen LogP) is 2.84. The van der Waals surface area contributed by atoms with Gasteiger partial charge in [0.25, 0.3) is 0 Å². The Bertz CT molecular complexity index is 786. The Labute approximate surface area is 155 Å². The van der Waals surface area contributed by atoms with E-state index in [-0.39, 0.29) is 12.3 Å². The number of nitrogens with zero attached hydrogens (tertiary/aromatic N) is 4. The van der Waals surface area contributed by atoms with E-state index in [4.69, 9.17) is 0 Å². The van der Waals surface area contributed by atoms with E-state index in [0.717, 1.165) is 11.4 Å². The van der Waals surface area contributed by atoms with Crippen molar-refractivity contribution in [3.63, 3.8) is 0 Å². The minimum Gasteiger partial charge on any atom is -0.467 e. The number of thiazole rings is 1. The third-order valence-corrected chi connectivity index (χ3v) is 4.20. The average Bonchev–Trinajstić information content (AvgIpc) is 3.06. The fourth-order valence-electron chi connectivity index (χ4n) is 2.03. The van der Waals surface area contributed by atoms with Crippen LogP contribution in [0.2, 0.25) is 0 Å². The summed E-state index contributed by atoms with van der Waals surface area (Å²) in [4.78, 5) is 29.5. The molecule has 138 valence electrons. The van der Waals surface area contributed by atoms with Gasteiger partial charge in [0.1, 0.15) is 6.04 Å². The minimum atomic E-state index is -0.699. The van der Waals surface area contributed by atoms with Crippen LogP contribution in [0.1, 0.15) is 12.6 Å². The van der Waals surface area contributed by atoms with Gasteiger partial charge in [-0.2, -0.15) is 0 Å². The number of azo groups is 1. The normalized spacial score (nSPS) is 12.0. The molecule has 1 aromatic carbocycles. The smallest absolute Gasteiger partial charge is 0.328 e. The molecule has 0 aliphatic carbocycles. The lowest BCUT2D eigenvalue weighted by molar-refractivity contribution is -0.144. The van der Waals surface area contributed by atoms with Crippen molar-refractivity contribution in [3.8, 4) is 0 Å². The van der Waals surface area contributed by atoms with Crippen LogP contribution in [0.4, 0.5) is 16.5 Å². The number of ether oxygens (including phenoxy) is 1. The van der Waals surface area contributed by atoms with Crippen LogP contribution in [0, 0.1) is 0 Å². The van der Waals surface area contributed by atoms with Gasteiger partial charge in [-0.3, -0.25) is 4.79 Å². The summed E-state index contributed by atoms with van der Waals surface area (Å²) in [5, 5.41) is 13.0. The van der Waals surface area contributed by atoms with Crippen LogP contribution >= 0.6 is 11.3 Å². The van der Waals surface area contributed by atoms with Crippen molar-refractivity contribution in [3.05, 3.63) is 35.3 Å². The van der Waals surface area contributed by atoms with Crippen molar-refractivity contribution in [2.24, 2.45) is 10.2 Å². The third kappa shape index (κ3) is 5.62. The lowest BCUT2D eigenvalue weighted by Gasteiger charge is -2.11. The molecule has 0 saturated heterocycles. The van der Waals surface area contributed by atoms with E-state index in [1.54, 1.807) is 12.3 Å². The minimum absolute atomic E-state index is 0.0604. The topological polar surface area (TPSA) is 96.2 Å². The number of rotatable bonds is 7. The average molecular weight is 375 g/mol. The van der Waals surface area contributed by atoms with E-state index < -0.39 is 12.0 Å². The highest BCUT2D eigenvalue weighted by Crippen LogP contribution is 2.24. The molecule has 2 aromatic rings. The molecule has 0 saturated carbocycles. The Morgan fingerprint density at radius 2 is 1.96 bits per heavy atom. The largest absolute Gasteiger partial charge is 0.467 e. The van der Waals surface area contributed by atoms with Crippen molar-refractivity contribution < 1.29 is 14.3 Å². The number of hydrogen-bond acceptors (Lipinski definition) is 8. The van der Waals surface area contributed by atoms with Gasteiger partial charge in [-0.25, -0.2) is 9.78 Å². The highest BCUT2D eigenvalue weighted by molar-refractivity contribution is 7.13. The van der Waals surface area contributed by atoms with Gasteiger partial charge >= 0.3 is 5.97 Å². The van der Waals surface area contributed by atoms with E-state index >= 15 is 0 Å². The summed E-state index contributed by atoms with van der Waals surface area (Å²) in [6.07, 6.45) is 0.0604. The Morgan fingerprint density at radius 1 is 1.27 bits per heavy atom. The number of methoxy groups -OCH3 is 1. The van der Waals surface area contributed by atoms with E-state index in [0.29, 0.717) is 10.8 Å². The van der Waals surface area contributed by atoms with E-state index in [9.17, 15) is 9.59 Å². The fourth-order valence-corrected chi connectivity index (χ4v) is 2.67. The van der Waals surface area contributed by atoms with Gasteiger partial charge in [0.15, 0.2) is 0 Å². The van der Waals surface area contributed by atoms with Crippen molar-refractivity contribution in [1.29, 1.82) is 0 Å². The summed E-state index contributed by atoms with van der Waals surface area (Å²) >= 11 is 1.30. The second-order valence-corrected chi connectivity index (χ2v) is 6.56. The van der Waals surface area contributed by atoms with Gasteiger partial charge in [0, 0.05) is 25.2 Å². The summed E-state index contributed by atoms with van der Waals surface area (Å²) in [5.41, 5.74) is 2.37. The fraction of sp³-hybridized carbons (Fsp3) is 0.353. The monoisotopic (exact) mass is 375 g/mol. The summed E-state index contributed by atoms with van der Waals surface area (Å²) in [7, 11) is 5.21. The first-order chi connectivity index (χ1) is 12.4. The van der Waals surface area contributed by atoms with Crippen molar-refractivity contribution in [2.45, 2.75) is 19.4 Å². The maximum atomic E-state index is 11.9. The number of carbonyl (C=O) groups is 2. The molecule has 1 amide bonds. The van der Waals surface area contributed by atoms with E-state index in [2.05, 4.69) is 25.3 Å². The standard InChI is InChI=1S/C17H21N5O3S/c1-11(16(24)25-4)18-15(23)9-13-10-26-17(19-13)21-20-12-5-7-14(8-6-12)22(2)3/h5-8,10-11H,9H2,1-4H3,(H,18,23)/t11-/m0/s1. The van der Waals surface area contributed by atoms with Crippen molar-refractivity contribution in [1.82, 2.24) is 10.3 Å². The summed E-state index contributed by atoms with van der Waals surface area (Å²) in [6, 6.07) is 6.95. The van der Waals surface area contributed by atoms with E-state index in [1.165, 1.54) is 18.4 Å². The van der Waals surface area contributed by atoms with Gasteiger partial charge in [-0.15, -0.1) is 21.6 Å². The second-order valence-electron chi connectivity index (χ2n) is 5.72. The molecule has 0 bridgehead atoms. The molecule has 0 aliphatic rings. The predicted molar refractivity (Wildman–Crippen MR) is 100 cm³/mol. The summed E-state index contributed by atoms with van der Waals surface area (Å²) < 4.78 is 4.56. The number of nitrogens with one attached hydrogen (secondary N) is 1. The quantitative estimate of drug-likeness (QED) is 0.593. The van der Waals surface area contributed by atoms with Crippen molar-refractivity contribution in [2.75, 3.05) is 26.1 Å². The summed E-state index contributed by atoms with van der Waals surface area (Å²) in [6.45, 7) is 1.56. The van der Waals surface area contributed by atoms with E-state index in [1.807, 2.05) is 43.3 Å². The highest BCUT2D eigenvalue weighted by Gasteiger charge is 2.16. The Morgan fingerprint density at radius 3 is 2.58 bits per heavy atom. The van der Waals surface area contributed by atoms with Crippen LogP contribution in [0.3, 0.4) is 0 Å². The molecule has 0 unspecified atom stereocenters. The molecule has 0 radical (unpaired) electrons. The molecular weight excluding hydrogens is 354 g/mol. The molecule has 0 fully saturated rings. The van der Waals surface area contributed by atoms with Gasteiger partial charge in [0.05, 0.1) is 24.9 Å². The number of aromatic nitrogens is 1. The van der Waals surface area contributed by atoms with Gasteiger partial charge in [-0.1, -0.05) is 0 Å². The number of carbonyl (C=O) groups excluding carboxylic acids is 2. The first kappa shape index (κ1) is 19.5.